The average molecular weight is 219 g/mol. The summed E-state index contributed by atoms with van der Waals surface area (Å²) in [5.41, 5.74) is 7.63. The zero-order valence-corrected chi connectivity index (χ0v) is 9.31. The Kier molecular flexibility index (Phi) is 2.64. The van der Waals surface area contributed by atoms with E-state index in [-0.39, 0.29) is 11.7 Å². The first-order valence-electron chi connectivity index (χ1n) is 5.19. The highest BCUT2D eigenvalue weighted by Gasteiger charge is 2.12. The molecule has 3 nitrogen and oxygen atoms in total. The SMILES string of the molecule is CC(C)c1nn(-c2ccccc2F)cc1N. The van der Waals surface area contributed by atoms with Gasteiger partial charge in [-0.25, -0.2) is 9.07 Å². The summed E-state index contributed by atoms with van der Waals surface area (Å²) in [5.74, 6) is -0.0756. The second-order valence-corrected chi connectivity index (χ2v) is 4.02. The Morgan fingerprint density at radius 3 is 2.56 bits per heavy atom. The molecular weight excluding hydrogens is 205 g/mol. The molecule has 0 aliphatic rings. The zero-order valence-electron chi connectivity index (χ0n) is 9.31. The predicted octanol–water partition coefficient (Wildman–Crippen LogP) is 2.72. The Labute approximate surface area is 93.7 Å². The van der Waals surface area contributed by atoms with Crippen molar-refractivity contribution in [3.05, 3.63) is 42.0 Å². The highest BCUT2D eigenvalue weighted by atomic mass is 19.1. The third-order valence-electron chi connectivity index (χ3n) is 2.42. The van der Waals surface area contributed by atoms with Crippen LogP contribution in [0.4, 0.5) is 10.1 Å². The molecule has 2 rings (SSSR count). The molecule has 2 N–H and O–H groups in total. The zero-order chi connectivity index (χ0) is 11.7. The van der Waals surface area contributed by atoms with E-state index in [9.17, 15) is 4.39 Å². The second-order valence-electron chi connectivity index (χ2n) is 4.02. The summed E-state index contributed by atoms with van der Waals surface area (Å²) in [5, 5.41) is 4.29. The number of nitrogens with two attached hydrogens (primary N) is 1. The molecule has 0 saturated carbocycles. The summed E-state index contributed by atoms with van der Waals surface area (Å²) in [6.07, 6.45) is 1.65. The lowest BCUT2D eigenvalue weighted by Crippen LogP contribution is -1.99. The fraction of sp³-hybridized carbons (Fsp3) is 0.250. The highest BCUT2D eigenvalue weighted by Crippen LogP contribution is 2.22. The van der Waals surface area contributed by atoms with Crippen molar-refractivity contribution in [1.82, 2.24) is 9.78 Å². The van der Waals surface area contributed by atoms with Crippen molar-refractivity contribution in [3.63, 3.8) is 0 Å². The molecule has 1 heterocycles. The lowest BCUT2D eigenvalue weighted by molar-refractivity contribution is 0.608. The summed E-state index contributed by atoms with van der Waals surface area (Å²) in [6, 6.07) is 6.49. The maximum absolute atomic E-state index is 13.5. The van der Waals surface area contributed by atoms with Gasteiger partial charge >= 0.3 is 0 Å². The van der Waals surface area contributed by atoms with Crippen LogP contribution in [0.1, 0.15) is 25.5 Å². The first-order chi connectivity index (χ1) is 7.59. The van der Waals surface area contributed by atoms with Gasteiger partial charge in [0.05, 0.1) is 17.6 Å². The van der Waals surface area contributed by atoms with Gasteiger partial charge in [0, 0.05) is 0 Å². The smallest absolute Gasteiger partial charge is 0.148 e. The molecule has 0 fully saturated rings. The van der Waals surface area contributed by atoms with E-state index in [0.717, 1.165) is 5.69 Å². The van der Waals surface area contributed by atoms with Crippen LogP contribution < -0.4 is 5.73 Å². The molecule has 0 saturated heterocycles. The first kappa shape index (κ1) is 10.7. The number of anilines is 1. The Morgan fingerprint density at radius 1 is 1.31 bits per heavy atom. The Balaban J connectivity index is 2.50. The van der Waals surface area contributed by atoms with Gasteiger partial charge in [0.15, 0.2) is 0 Å². The van der Waals surface area contributed by atoms with Gasteiger partial charge in [0.1, 0.15) is 11.5 Å². The minimum atomic E-state index is -0.305. The summed E-state index contributed by atoms with van der Waals surface area (Å²) < 4.78 is 15.0. The minimum absolute atomic E-state index is 0.230. The molecule has 1 aromatic heterocycles. The fourth-order valence-electron chi connectivity index (χ4n) is 1.61. The van der Waals surface area contributed by atoms with Gasteiger partial charge in [0.2, 0.25) is 0 Å². The normalized spacial score (nSPS) is 11.0. The molecule has 0 bridgehead atoms. The van der Waals surface area contributed by atoms with Gasteiger partial charge in [-0.15, -0.1) is 0 Å². The van der Waals surface area contributed by atoms with E-state index in [0.29, 0.717) is 11.4 Å². The van der Waals surface area contributed by atoms with Gasteiger partial charge < -0.3 is 5.73 Å². The Morgan fingerprint density at radius 2 is 2.00 bits per heavy atom. The lowest BCUT2D eigenvalue weighted by Gasteiger charge is -2.02. The summed E-state index contributed by atoms with van der Waals surface area (Å²) >= 11 is 0. The number of hydrogen-bond acceptors (Lipinski definition) is 2. The highest BCUT2D eigenvalue weighted by molar-refractivity contribution is 5.46. The van der Waals surface area contributed by atoms with Crippen LogP contribution in [0, 0.1) is 5.82 Å². The number of nitrogens with zero attached hydrogens (tertiary/aromatic N) is 2. The number of aromatic nitrogens is 2. The monoisotopic (exact) mass is 219 g/mol. The minimum Gasteiger partial charge on any atom is -0.396 e. The molecule has 0 unspecified atom stereocenters. The van der Waals surface area contributed by atoms with Crippen molar-refractivity contribution >= 4 is 5.69 Å². The van der Waals surface area contributed by atoms with Crippen LogP contribution in [0.3, 0.4) is 0 Å². The molecule has 4 heteroatoms. The molecule has 2 aromatic rings. The summed E-state index contributed by atoms with van der Waals surface area (Å²) in [6.45, 7) is 4.01. The van der Waals surface area contributed by atoms with Crippen LogP contribution in [-0.2, 0) is 0 Å². The van der Waals surface area contributed by atoms with E-state index < -0.39 is 0 Å². The quantitative estimate of drug-likeness (QED) is 0.844. The largest absolute Gasteiger partial charge is 0.396 e. The van der Waals surface area contributed by atoms with Crippen molar-refractivity contribution in [2.75, 3.05) is 5.73 Å². The van der Waals surface area contributed by atoms with Gasteiger partial charge in [-0.3, -0.25) is 0 Å². The van der Waals surface area contributed by atoms with Crippen LogP contribution in [0.2, 0.25) is 0 Å². The van der Waals surface area contributed by atoms with E-state index in [1.807, 2.05) is 13.8 Å². The maximum Gasteiger partial charge on any atom is 0.148 e. The number of nitrogen functional groups attached to an aromatic ring is 1. The topological polar surface area (TPSA) is 43.8 Å². The standard InChI is InChI=1S/C12H14FN3/c1-8(2)12-10(14)7-16(15-12)11-6-4-3-5-9(11)13/h3-8H,14H2,1-2H3. The van der Waals surface area contributed by atoms with Crippen LogP contribution in [0.5, 0.6) is 0 Å². The van der Waals surface area contributed by atoms with Crippen LogP contribution >= 0.6 is 0 Å². The molecule has 0 radical (unpaired) electrons. The Bertz CT molecular complexity index is 503. The van der Waals surface area contributed by atoms with Crippen LogP contribution in [0.15, 0.2) is 30.5 Å². The van der Waals surface area contributed by atoms with E-state index in [4.69, 9.17) is 5.73 Å². The predicted molar refractivity (Wildman–Crippen MR) is 62.0 cm³/mol. The van der Waals surface area contributed by atoms with Crippen LogP contribution in [-0.4, -0.2) is 9.78 Å². The number of benzene rings is 1. The molecule has 0 aliphatic heterocycles. The van der Waals surface area contributed by atoms with Crippen molar-refractivity contribution in [3.8, 4) is 5.69 Å². The number of halogens is 1. The van der Waals surface area contributed by atoms with E-state index >= 15 is 0 Å². The van der Waals surface area contributed by atoms with Crippen molar-refractivity contribution < 1.29 is 4.39 Å². The molecule has 0 aliphatic carbocycles. The average Bonchev–Trinajstić information content (AvgIpc) is 2.61. The van der Waals surface area contributed by atoms with Gasteiger partial charge in [-0.2, -0.15) is 5.10 Å². The number of hydrogen-bond donors (Lipinski definition) is 1. The summed E-state index contributed by atoms with van der Waals surface area (Å²) in [7, 11) is 0. The molecule has 0 amide bonds. The van der Waals surface area contributed by atoms with Crippen molar-refractivity contribution in [2.45, 2.75) is 19.8 Å². The Hall–Kier alpha value is -1.84. The molecule has 1 aromatic carbocycles. The van der Waals surface area contributed by atoms with E-state index in [1.165, 1.54) is 10.7 Å². The lowest BCUT2D eigenvalue weighted by atomic mass is 10.1. The third kappa shape index (κ3) is 1.78. The molecule has 84 valence electrons. The van der Waals surface area contributed by atoms with Gasteiger partial charge in [-0.1, -0.05) is 26.0 Å². The first-order valence-corrected chi connectivity index (χ1v) is 5.19. The molecule has 0 atom stereocenters. The maximum atomic E-state index is 13.5. The number of rotatable bonds is 2. The van der Waals surface area contributed by atoms with E-state index in [2.05, 4.69) is 5.10 Å². The second kappa shape index (κ2) is 3.96. The van der Waals surface area contributed by atoms with Gasteiger partial charge in [-0.05, 0) is 18.1 Å². The van der Waals surface area contributed by atoms with Crippen molar-refractivity contribution in [1.29, 1.82) is 0 Å². The summed E-state index contributed by atoms with van der Waals surface area (Å²) in [4.78, 5) is 0. The third-order valence-corrected chi connectivity index (χ3v) is 2.42. The number of para-hydroxylation sites is 1. The fourth-order valence-corrected chi connectivity index (χ4v) is 1.61. The van der Waals surface area contributed by atoms with E-state index in [1.54, 1.807) is 24.4 Å². The van der Waals surface area contributed by atoms with Crippen LogP contribution in [0.25, 0.3) is 5.69 Å². The van der Waals surface area contributed by atoms with Crippen molar-refractivity contribution in [2.24, 2.45) is 0 Å². The van der Waals surface area contributed by atoms with Gasteiger partial charge in [0.25, 0.3) is 0 Å². The molecule has 0 spiro atoms. The molecule has 16 heavy (non-hydrogen) atoms. The molecular formula is C12H14FN3.